The maximum atomic E-state index is 2.72. The monoisotopic (exact) mass is 170 g/mol. The molecule has 1 atom stereocenters. The van der Waals surface area contributed by atoms with Crippen LogP contribution in [0.15, 0.2) is 23.0 Å². The Hall–Kier alpha value is -0.0900. The Kier molecular flexibility index (Phi) is 5.50. The Bertz CT molecular complexity index is 160. The van der Waals surface area contributed by atoms with Crippen molar-refractivity contribution in [3.8, 4) is 0 Å². The average molecular weight is 170 g/mol. The maximum absolute atomic E-state index is 2.72. The van der Waals surface area contributed by atoms with Crippen LogP contribution < -0.4 is 0 Å². The molecule has 0 N–H and O–H groups in total. The molecule has 0 fully saturated rings. The highest BCUT2D eigenvalue weighted by Gasteiger charge is 1.97. The number of rotatable bonds is 3. The van der Waals surface area contributed by atoms with Gasteiger partial charge in [0.2, 0.25) is 0 Å². The first kappa shape index (κ1) is 10.9. The lowest BCUT2D eigenvalue weighted by atomic mass is 10.0. The highest BCUT2D eigenvalue weighted by Crippen LogP contribution is 2.16. The molecular formula is C10H19P. The maximum Gasteiger partial charge on any atom is -0.0222 e. The first-order chi connectivity index (χ1) is 5.07. The number of hydrogen-bond donors (Lipinski definition) is 0. The lowest BCUT2D eigenvalue weighted by Gasteiger charge is -2.06. The van der Waals surface area contributed by atoms with Crippen molar-refractivity contribution in [2.45, 2.75) is 34.1 Å². The van der Waals surface area contributed by atoms with Crippen LogP contribution in [0.4, 0.5) is 0 Å². The zero-order chi connectivity index (χ0) is 8.85. The molecule has 1 heteroatoms. The molecule has 0 saturated carbocycles. The minimum atomic E-state index is 0.644. The quantitative estimate of drug-likeness (QED) is 0.447. The van der Waals surface area contributed by atoms with E-state index in [2.05, 4.69) is 49.1 Å². The van der Waals surface area contributed by atoms with Gasteiger partial charge in [0, 0.05) is 0 Å². The minimum absolute atomic E-state index is 0.644. The Morgan fingerprint density at radius 3 is 2.27 bits per heavy atom. The van der Waals surface area contributed by atoms with Gasteiger partial charge in [-0.15, -0.1) is 9.24 Å². The molecule has 1 unspecified atom stereocenters. The Morgan fingerprint density at radius 1 is 1.45 bits per heavy atom. The van der Waals surface area contributed by atoms with E-state index >= 15 is 0 Å². The Balaban J connectivity index is 4.36. The van der Waals surface area contributed by atoms with Crippen molar-refractivity contribution in [2.24, 2.45) is 5.92 Å². The third-order valence-electron chi connectivity index (χ3n) is 1.50. The summed E-state index contributed by atoms with van der Waals surface area (Å²) >= 11 is 0. The molecule has 11 heavy (non-hydrogen) atoms. The highest BCUT2D eigenvalue weighted by atomic mass is 31.0. The fourth-order valence-corrected chi connectivity index (χ4v) is 1.15. The fourth-order valence-electron chi connectivity index (χ4n) is 0.960. The van der Waals surface area contributed by atoms with Crippen LogP contribution in [0, 0.1) is 5.92 Å². The first-order valence-corrected chi connectivity index (χ1v) is 4.79. The van der Waals surface area contributed by atoms with Gasteiger partial charge in [-0.25, -0.2) is 0 Å². The van der Waals surface area contributed by atoms with Crippen molar-refractivity contribution in [3.63, 3.8) is 0 Å². The molecule has 0 aliphatic rings. The molecule has 0 heterocycles. The zero-order valence-electron chi connectivity index (χ0n) is 8.02. The van der Waals surface area contributed by atoms with E-state index in [0.29, 0.717) is 5.92 Å². The van der Waals surface area contributed by atoms with Crippen LogP contribution in [0.3, 0.4) is 0 Å². The molecule has 0 nitrogen and oxygen atoms in total. The second kappa shape index (κ2) is 5.55. The van der Waals surface area contributed by atoms with Gasteiger partial charge in [-0.05, 0) is 24.8 Å². The van der Waals surface area contributed by atoms with E-state index in [1.165, 1.54) is 10.9 Å². The largest absolute Gasteiger partial charge is 0.110 e. The van der Waals surface area contributed by atoms with Crippen molar-refractivity contribution < 1.29 is 0 Å². The van der Waals surface area contributed by atoms with Crippen molar-refractivity contribution in [1.29, 1.82) is 0 Å². The standard InChI is InChI=1S/C10H19P/c1-5-6-10(8(2)3)7-9(4)11/h6-8H,5,11H2,1-4H3/b9-7+,10-6+. The van der Waals surface area contributed by atoms with Crippen molar-refractivity contribution in [2.75, 3.05) is 0 Å². The SMILES string of the molecule is CC/C=C(\C=C(/C)P)C(C)C. The molecule has 0 aromatic heterocycles. The molecule has 0 amide bonds. The summed E-state index contributed by atoms with van der Waals surface area (Å²) in [4.78, 5) is 0. The van der Waals surface area contributed by atoms with Gasteiger partial charge in [-0.2, -0.15) is 0 Å². The van der Waals surface area contributed by atoms with Gasteiger partial charge in [0.25, 0.3) is 0 Å². The molecule has 0 aromatic carbocycles. The fraction of sp³-hybridized carbons (Fsp3) is 0.600. The van der Waals surface area contributed by atoms with Crippen LogP contribution in [0.1, 0.15) is 34.1 Å². The molecule has 64 valence electrons. The summed E-state index contributed by atoms with van der Waals surface area (Å²) < 4.78 is 0. The van der Waals surface area contributed by atoms with Gasteiger partial charge in [0.05, 0.1) is 0 Å². The van der Waals surface area contributed by atoms with E-state index in [9.17, 15) is 0 Å². The van der Waals surface area contributed by atoms with E-state index in [0.717, 1.165) is 6.42 Å². The molecular weight excluding hydrogens is 151 g/mol. The van der Waals surface area contributed by atoms with Gasteiger partial charge in [-0.1, -0.05) is 38.2 Å². The van der Waals surface area contributed by atoms with Gasteiger partial charge in [-0.3, -0.25) is 0 Å². The summed E-state index contributed by atoms with van der Waals surface area (Å²) in [6.07, 6.45) is 5.65. The van der Waals surface area contributed by atoms with E-state index in [4.69, 9.17) is 0 Å². The zero-order valence-corrected chi connectivity index (χ0v) is 9.17. The van der Waals surface area contributed by atoms with Crippen LogP contribution in [-0.4, -0.2) is 0 Å². The van der Waals surface area contributed by atoms with E-state index < -0.39 is 0 Å². The predicted molar refractivity (Wildman–Crippen MR) is 56.7 cm³/mol. The number of hydrogen-bond acceptors (Lipinski definition) is 0. The Morgan fingerprint density at radius 2 is 2.00 bits per heavy atom. The Labute approximate surface area is 73.0 Å². The van der Waals surface area contributed by atoms with Crippen molar-refractivity contribution >= 4 is 9.24 Å². The second-order valence-corrected chi connectivity index (χ2v) is 4.07. The normalized spacial score (nSPS) is 14.4. The summed E-state index contributed by atoms with van der Waals surface area (Å²) in [5, 5.41) is 1.30. The van der Waals surface area contributed by atoms with Gasteiger partial charge >= 0.3 is 0 Å². The lowest BCUT2D eigenvalue weighted by Crippen LogP contribution is -1.90. The summed E-state index contributed by atoms with van der Waals surface area (Å²) in [6, 6.07) is 0. The molecule has 0 radical (unpaired) electrons. The molecule has 0 bridgehead atoms. The minimum Gasteiger partial charge on any atom is -0.110 e. The second-order valence-electron chi connectivity index (χ2n) is 3.16. The molecule has 0 aliphatic heterocycles. The van der Waals surface area contributed by atoms with Gasteiger partial charge in [0.15, 0.2) is 0 Å². The molecule has 0 spiro atoms. The van der Waals surface area contributed by atoms with Crippen molar-refractivity contribution in [3.05, 3.63) is 23.0 Å². The molecule has 0 saturated heterocycles. The third-order valence-corrected chi connectivity index (χ3v) is 1.67. The van der Waals surface area contributed by atoms with Crippen LogP contribution >= 0.6 is 9.24 Å². The summed E-state index contributed by atoms with van der Waals surface area (Å²) in [7, 11) is 2.72. The topological polar surface area (TPSA) is 0 Å². The average Bonchev–Trinajstić information content (AvgIpc) is 1.86. The van der Waals surface area contributed by atoms with E-state index in [-0.39, 0.29) is 0 Å². The predicted octanol–water partition coefficient (Wildman–Crippen LogP) is 3.76. The van der Waals surface area contributed by atoms with Gasteiger partial charge < -0.3 is 0 Å². The van der Waals surface area contributed by atoms with E-state index in [1.807, 2.05) is 0 Å². The van der Waals surface area contributed by atoms with Crippen LogP contribution in [0.5, 0.6) is 0 Å². The lowest BCUT2D eigenvalue weighted by molar-refractivity contribution is 0.784. The highest BCUT2D eigenvalue weighted by molar-refractivity contribution is 7.22. The summed E-state index contributed by atoms with van der Waals surface area (Å²) in [6.45, 7) is 8.74. The van der Waals surface area contributed by atoms with Crippen molar-refractivity contribution in [1.82, 2.24) is 0 Å². The molecule has 0 aromatic rings. The van der Waals surface area contributed by atoms with Gasteiger partial charge in [0.1, 0.15) is 0 Å². The molecule has 0 rings (SSSR count). The van der Waals surface area contributed by atoms with E-state index in [1.54, 1.807) is 0 Å². The summed E-state index contributed by atoms with van der Waals surface area (Å²) in [5.41, 5.74) is 1.44. The molecule has 0 aliphatic carbocycles. The third kappa shape index (κ3) is 5.21. The summed E-state index contributed by atoms with van der Waals surface area (Å²) in [5.74, 6) is 0.644. The van der Waals surface area contributed by atoms with Crippen LogP contribution in [-0.2, 0) is 0 Å². The van der Waals surface area contributed by atoms with Crippen LogP contribution in [0.25, 0.3) is 0 Å². The first-order valence-electron chi connectivity index (χ1n) is 4.21. The number of allylic oxidation sites excluding steroid dienone is 4. The smallest absolute Gasteiger partial charge is 0.0222 e. The van der Waals surface area contributed by atoms with Crippen LogP contribution in [0.2, 0.25) is 0 Å².